The maximum atomic E-state index is 5.65. The molecule has 0 amide bonds. The molecule has 0 N–H and O–H groups in total. The number of nitrogens with zero attached hydrogens (tertiary/aromatic N) is 3. The molecule has 5 heteroatoms. The zero-order valence-electron chi connectivity index (χ0n) is 55.6. The zero-order chi connectivity index (χ0) is 65.0. The largest absolute Gasteiger partial charge is 0.285 e. The first kappa shape index (κ1) is 64.6. The molecule has 1 radical (unpaired) electrons. The molecule has 0 unspecified atom stereocenters. The molecule has 1 aliphatic rings. The molecule has 97 heavy (non-hydrogen) atoms. The van der Waals surface area contributed by atoms with Crippen molar-refractivity contribution in [2.45, 2.75) is 97.3 Å². The van der Waals surface area contributed by atoms with Gasteiger partial charge in [0.25, 0.3) is 0 Å². The van der Waals surface area contributed by atoms with Crippen molar-refractivity contribution in [2.24, 2.45) is 0 Å². The van der Waals surface area contributed by atoms with Crippen LogP contribution in [0.2, 0.25) is 0 Å². The molecule has 0 aliphatic heterocycles. The van der Waals surface area contributed by atoms with Crippen LogP contribution in [0.15, 0.2) is 273 Å². The fraction of sp³-hybridized carbons (Fsp3) is 0.163. The van der Waals surface area contributed by atoms with Gasteiger partial charge >= 0.3 is 0 Å². The summed E-state index contributed by atoms with van der Waals surface area (Å²) in [7, 11) is 0. The summed E-state index contributed by atoms with van der Waals surface area (Å²) >= 11 is 1.71. The topological polar surface area (TPSA) is 38.7 Å². The second-order valence-corrected chi connectivity index (χ2v) is 27.2. The van der Waals surface area contributed by atoms with Gasteiger partial charge in [0.05, 0.1) is 22.6 Å². The number of rotatable bonds is 18. The molecule has 0 atom stereocenters. The van der Waals surface area contributed by atoms with E-state index in [0.29, 0.717) is 5.82 Å². The van der Waals surface area contributed by atoms with Gasteiger partial charge in [-0.25, -0.2) is 0 Å². The Hall–Kier alpha value is -9.74. The summed E-state index contributed by atoms with van der Waals surface area (Å²) in [6.07, 6.45) is 12.5. The number of para-hydroxylation sites is 1. The molecule has 0 saturated heterocycles. The number of aryl methyl sites for hydroxylation is 2. The minimum absolute atomic E-state index is 0. The molecule has 0 saturated carbocycles. The quantitative estimate of drug-likeness (QED) is 0.0635. The number of thiazole rings is 1. The van der Waals surface area contributed by atoms with E-state index in [1.807, 2.05) is 12.1 Å². The van der Waals surface area contributed by atoms with Gasteiger partial charge in [0.15, 0.2) is 0 Å². The van der Waals surface area contributed by atoms with Crippen molar-refractivity contribution < 1.29 is 20.1 Å². The van der Waals surface area contributed by atoms with Crippen LogP contribution in [-0.4, -0.2) is 15.0 Å². The average molecular weight is 1450 g/mol. The van der Waals surface area contributed by atoms with Crippen LogP contribution in [0, 0.1) is 26.0 Å². The molecule has 3 nitrogen and oxygen atoms in total. The molecule has 2 aromatic heterocycles. The number of unbranched alkanes of at least 4 members (excludes halogenated alkanes) is 6. The van der Waals surface area contributed by atoms with Gasteiger partial charge in [0.2, 0.25) is 0 Å². The van der Waals surface area contributed by atoms with Crippen molar-refractivity contribution in [3.8, 4) is 100.0 Å². The van der Waals surface area contributed by atoms with Crippen molar-refractivity contribution in [2.75, 3.05) is 0 Å². The van der Waals surface area contributed by atoms with Crippen LogP contribution in [0.1, 0.15) is 100 Å². The standard InChI is InChI=1S/C61H57N2.C31H20NS.Ir/c1-5-7-9-17-34-61(35-18-10-8-6-2)55-27-16-15-26-51(55)53-38-49(32-33-56(53)61)60-62-58-52(48-31-29-44-23-12-14-25-46(44)37-48)39-50(47-30-28-43-22-11-13-24-45(43)36-47)40-54(58)59(63-60)57-41(3)20-19-21-42(57)4;1-2-9-22(10-3-1)23-11-6-12-24(19-23)25-13-7-14-26(20-25)27-15-8-16-28(21-27)31-32-29-17-4-5-18-30(29)33-31;/h11-16,19-31,33,36-40H,5-10,17-18,34-35H2,1-4H3;1-15,17-21H;/q2*-1;. The Balaban J connectivity index is 0.000000199. The number of fused-ring (bicyclic) bond motifs is 7. The Morgan fingerprint density at radius 1 is 0.381 bits per heavy atom. The molecule has 16 rings (SSSR count). The van der Waals surface area contributed by atoms with Gasteiger partial charge in [0, 0.05) is 46.3 Å². The second kappa shape index (κ2) is 28.9. The van der Waals surface area contributed by atoms with Crippen molar-refractivity contribution in [3.63, 3.8) is 0 Å². The summed E-state index contributed by atoms with van der Waals surface area (Å²) in [4.78, 5) is 16.1. The molecule has 1 aliphatic carbocycles. The van der Waals surface area contributed by atoms with Gasteiger partial charge in [-0.2, -0.15) is 11.3 Å². The first-order valence-corrected chi connectivity index (χ1v) is 35.3. The predicted molar refractivity (Wildman–Crippen MR) is 409 cm³/mol. The molecule has 13 aromatic carbocycles. The van der Waals surface area contributed by atoms with Crippen molar-refractivity contribution in [1.82, 2.24) is 15.0 Å². The Labute approximate surface area is 589 Å². The van der Waals surface area contributed by atoms with Gasteiger partial charge in [-0.15, -0.1) is 64.7 Å². The van der Waals surface area contributed by atoms with Gasteiger partial charge < -0.3 is 0 Å². The predicted octanol–water partition coefficient (Wildman–Crippen LogP) is 26.0. The van der Waals surface area contributed by atoms with Gasteiger partial charge in [-0.3, -0.25) is 15.0 Å². The Kier molecular flexibility index (Phi) is 19.3. The van der Waals surface area contributed by atoms with E-state index in [0.717, 1.165) is 60.5 Å². The van der Waals surface area contributed by atoms with Crippen molar-refractivity contribution in [1.29, 1.82) is 0 Å². The van der Waals surface area contributed by atoms with E-state index in [1.165, 1.54) is 163 Å². The SMILES string of the molecule is CCCCCCC1(CCCCCC)c2c[c-]c(-c3nc(-c4c(C)cccc4C)c4cc(-c5ccc6ccccc6c5)cc(-c5ccc6ccccc6c5)c4n3)cc2-c2ccccc21.[Ir].[c-]1ccc(-c2cccc(-c3cccc(-c4ccccc4)c3)c2)cc1-c1nc2ccccc2s1. The van der Waals surface area contributed by atoms with E-state index in [4.69, 9.17) is 15.0 Å². The third-order valence-corrected chi connectivity index (χ3v) is 20.9. The Morgan fingerprint density at radius 2 is 0.948 bits per heavy atom. The normalized spacial score (nSPS) is 12.1. The van der Waals surface area contributed by atoms with Crippen molar-refractivity contribution >= 4 is 54.0 Å². The van der Waals surface area contributed by atoms with Gasteiger partial charge in [0.1, 0.15) is 0 Å². The summed E-state index contributed by atoms with van der Waals surface area (Å²) in [5, 5.41) is 6.95. The van der Waals surface area contributed by atoms with E-state index >= 15 is 0 Å². The number of hydrogen-bond donors (Lipinski definition) is 0. The molecule has 0 bridgehead atoms. The van der Waals surface area contributed by atoms with Crippen LogP contribution in [-0.2, 0) is 25.5 Å². The van der Waals surface area contributed by atoms with Crippen molar-refractivity contribution in [3.05, 3.63) is 307 Å². The van der Waals surface area contributed by atoms with Gasteiger partial charge in [-0.05, 0) is 169 Å². The van der Waals surface area contributed by atoms with Crippen LogP contribution in [0.3, 0.4) is 0 Å². The second-order valence-electron chi connectivity index (χ2n) is 26.1. The maximum absolute atomic E-state index is 5.65. The maximum Gasteiger partial charge on any atom is 0.0763 e. The molecule has 0 fully saturated rings. The summed E-state index contributed by atoms with van der Waals surface area (Å²) in [6, 6.07) is 106. The Bertz CT molecular complexity index is 5270. The monoisotopic (exact) mass is 1450 g/mol. The minimum Gasteiger partial charge on any atom is -0.285 e. The summed E-state index contributed by atoms with van der Waals surface area (Å²) in [5.41, 5.74) is 25.9. The third kappa shape index (κ3) is 13.2. The summed E-state index contributed by atoms with van der Waals surface area (Å²) in [6.45, 7) is 9.05. The average Bonchev–Trinajstić information content (AvgIpc) is 1.64. The zero-order valence-corrected chi connectivity index (χ0v) is 58.8. The first-order chi connectivity index (χ1) is 47.3. The number of hydrogen-bond acceptors (Lipinski definition) is 4. The van der Waals surface area contributed by atoms with Gasteiger partial charge in [-0.1, -0.05) is 265 Å². The molecule has 0 spiro atoms. The van der Waals surface area contributed by atoms with Crippen LogP contribution in [0.25, 0.3) is 143 Å². The summed E-state index contributed by atoms with van der Waals surface area (Å²) in [5.74, 6) is 0.712. The van der Waals surface area contributed by atoms with E-state index < -0.39 is 0 Å². The smallest absolute Gasteiger partial charge is 0.0763 e. The van der Waals surface area contributed by atoms with Crippen LogP contribution in [0.5, 0.6) is 0 Å². The van der Waals surface area contributed by atoms with Crippen LogP contribution in [0.4, 0.5) is 0 Å². The Morgan fingerprint density at radius 3 is 1.63 bits per heavy atom. The number of benzene rings is 13. The minimum atomic E-state index is -0.00147. The van der Waals surface area contributed by atoms with E-state index in [9.17, 15) is 0 Å². The fourth-order valence-electron chi connectivity index (χ4n) is 14.9. The molecular formula is C92H77IrN3S-2. The van der Waals surface area contributed by atoms with Crippen LogP contribution < -0.4 is 0 Å². The van der Waals surface area contributed by atoms with E-state index in [2.05, 4.69) is 301 Å². The number of aromatic nitrogens is 3. The molecular weight excluding hydrogens is 1370 g/mol. The fourth-order valence-corrected chi connectivity index (χ4v) is 15.8. The van der Waals surface area contributed by atoms with E-state index in [1.54, 1.807) is 11.3 Å². The third-order valence-electron chi connectivity index (χ3n) is 19.8. The van der Waals surface area contributed by atoms with E-state index in [-0.39, 0.29) is 25.5 Å². The molecule has 2 heterocycles. The first-order valence-electron chi connectivity index (χ1n) is 34.5. The van der Waals surface area contributed by atoms with Crippen LogP contribution >= 0.6 is 11.3 Å². The molecule has 15 aromatic rings. The molecule has 477 valence electrons. The summed E-state index contributed by atoms with van der Waals surface area (Å²) < 4.78 is 1.20.